The van der Waals surface area contributed by atoms with Crippen molar-refractivity contribution in [3.8, 4) is 0 Å². The Hall–Kier alpha value is -1.56. The maximum Gasteiger partial charge on any atom is 0.242 e. The molecule has 1 aromatic rings. The second kappa shape index (κ2) is 7.46. The zero-order valence-electron chi connectivity index (χ0n) is 16.1. The molecule has 2 atom stereocenters. The van der Waals surface area contributed by atoms with Gasteiger partial charge in [0.05, 0.1) is 18.1 Å². The van der Waals surface area contributed by atoms with Crippen LogP contribution in [0.3, 0.4) is 0 Å². The van der Waals surface area contributed by atoms with Crippen molar-refractivity contribution in [1.82, 2.24) is 4.90 Å². The molecule has 4 rings (SSSR count). The molecule has 0 bridgehead atoms. The summed E-state index contributed by atoms with van der Waals surface area (Å²) in [6.45, 7) is 2.52. The van der Waals surface area contributed by atoms with Crippen molar-refractivity contribution in [2.45, 2.75) is 70.0 Å². The van der Waals surface area contributed by atoms with Crippen LogP contribution in [0.4, 0.5) is 5.69 Å². The molecule has 1 aliphatic carbocycles. The summed E-state index contributed by atoms with van der Waals surface area (Å²) in [4.78, 5) is 17.6. The van der Waals surface area contributed by atoms with Gasteiger partial charge in [-0.25, -0.2) is 8.42 Å². The number of hydrogen-bond acceptors (Lipinski definition) is 4. The fraction of sp³-hybridized carbons (Fsp3) is 0.667. The van der Waals surface area contributed by atoms with Gasteiger partial charge in [-0.1, -0.05) is 37.5 Å². The van der Waals surface area contributed by atoms with Gasteiger partial charge in [0.15, 0.2) is 9.84 Å². The van der Waals surface area contributed by atoms with E-state index in [9.17, 15) is 13.2 Å². The topological polar surface area (TPSA) is 57.7 Å². The van der Waals surface area contributed by atoms with Crippen molar-refractivity contribution in [3.05, 3.63) is 29.8 Å². The van der Waals surface area contributed by atoms with Crippen molar-refractivity contribution < 1.29 is 13.2 Å². The van der Waals surface area contributed by atoms with Gasteiger partial charge in [0.1, 0.15) is 0 Å². The van der Waals surface area contributed by atoms with Crippen molar-refractivity contribution in [2.75, 3.05) is 23.0 Å². The minimum atomic E-state index is -3.01. The molecule has 1 amide bonds. The number of hydrogen-bond donors (Lipinski definition) is 0. The molecular formula is C21H30N2O3S. The van der Waals surface area contributed by atoms with Gasteiger partial charge in [-0.15, -0.1) is 0 Å². The number of benzene rings is 1. The Morgan fingerprint density at radius 3 is 2.56 bits per heavy atom. The number of carbonyl (C=O) groups excluding carboxylic acids is 1. The molecule has 1 saturated carbocycles. The van der Waals surface area contributed by atoms with Gasteiger partial charge < -0.3 is 9.80 Å². The average Bonchev–Trinajstić information content (AvgIpc) is 3.15. The summed E-state index contributed by atoms with van der Waals surface area (Å²) in [5.74, 6) is 0.464. The van der Waals surface area contributed by atoms with Crippen LogP contribution in [0.1, 0.15) is 51.0 Å². The molecule has 27 heavy (non-hydrogen) atoms. The van der Waals surface area contributed by atoms with Crippen molar-refractivity contribution in [1.29, 1.82) is 0 Å². The minimum Gasteiger partial charge on any atom is -0.359 e. The Labute approximate surface area is 162 Å². The molecule has 5 nitrogen and oxygen atoms in total. The van der Waals surface area contributed by atoms with E-state index in [-0.39, 0.29) is 29.5 Å². The number of fused-ring (bicyclic) bond motifs is 1. The first-order valence-electron chi connectivity index (χ1n) is 10.3. The molecule has 2 heterocycles. The summed E-state index contributed by atoms with van der Waals surface area (Å²) in [6.07, 6.45) is 7.07. The Morgan fingerprint density at radius 1 is 1.11 bits per heavy atom. The standard InChI is InChI=1S/C21H30N2O3S/c1-16-13-17-7-5-6-10-20(17)22(16)14-21(24)23(18-8-3-2-4-9-18)19-11-12-27(25,26)15-19/h5-7,10,16,18-19H,2-4,8-9,11-15H2,1H3/t16-,19-/m1/s1. The van der Waals surface area contributed by atoms with Crippen LogP contribution in [0, 0.1) is 0 Å². The maximum atomic E-state index is 13.4. The number of nitrogens with zero attached hydrogens (tertiary/aromatic N) is 2. The van der Waals surface area contributed by atoms with Crippen LogP contribution >= 0.6 is 0 Å². The zero-order valence-corrected chi connectivity index (χ0v) is 17.0. The summed E-state index contributed by atoms with van der Waals surface area (Å²) in [7, 11) is -3.01. The molecule has 6 heteroatoms. The lowest BCUT2D eigenvalue weighted by atomic mass is 9.92. The molecule has 2 fully saturated rings. The number of rotatable bonds is 4. The SMILES string of the molecule is C[C@@H]1Cc2ccccc2N1CC(=O)N(C1CCCCC1)[C@@H]1CCS(=O)(=O)C1. The third-order valence-corrected chi connectivity index (χ3v) is 8.26. The summed E-state index contributed by atoms with van der Waals surface area (Å²) < 4.78 is 24.1. The van der Waals surface area contributed by atoms with E-state index in [0.717, 1.165) is 37.8 Å². The number of anilines is 1. The van der Waals surface area contributed by atoms with Gasteiger partial charge in [0, 0.05) is 23.8 Å². The second-order valence-corrected chi connectivity index (χ2v) is 10.7. The lowest BCUT2D eigenvalue weighted by Crippen LogP contribution is -2.52. The summed E-state index contributed by atoms with van der Waals surface area (Å²) in [5.41, 5.74) is 2.45. The number of amides is 1. The van der Waals surface area contributed by atoms with E-state index < -0.39 is 9.84 Å². The van der Waals surface area contributed by atoms with Crippen molar-refractivity contribution >= 4 is 21.4 Å². The number of sulfone groups is 1. The third-order valence-electron chi connectivity index (χ3n) is 6.51. The molecule has 1 aromatic carbocycles. The normalized spacial score (nSPS) is 27.5. The minimum absolute atomic E-state index is 0.104. The van der Waals surface area contributed by atoms with Gasteiger partial charge in [0.25, 0.3) is 0 Å². The highest BCUT2D eigenvalue weighted by atomic mass is 32.2. The highest BCUT2D eigenvalue weighted by molar-refractivity contribution is 7.91. The van der Waals surface area contributed by atoms with E-state index >= 15 is 0 Å². The fourth-order valence-corrected chi connectivity index (χ4v) is 6.87. The highest BCUT2D eigenvalue weighted by Gasteiger charge is 2.39. The molecule has 1 saturated heterocycles. The Bertz CT molecular complexity index is 801. The first-order chi connectivity index (χ1) is 12.9. The highest BCUT2D eigenvalue weighted by Crippen LogP contribution is 2.33. The predicted molar refractivity (Wildman–Crippen MR) is 108 cm³/mol. The summed E-state index contributed by atoms with van der Waals surface area (Å²) in [6, 6.07) is 8.67. The molecule has 2 aliphatic heterocycles. The molecular weight excluding hydrogens is 360 g/mol. The van der Waals surface area contributed by atoms with E-state index in [2.05, 4.69) is 30.0 Å². The number of para-hydroxylation sites is 1. The maximum absolute atomic E-state index is 13.4. The summed E-state index contributed by atoms with van der Waals surface area (Å²) in [5, 5.41) is 0. The number of carbonyl (C=O) groups is 1. The molecule has 0 unspecified atom stereocenters. The Balaban J connectivity index is 1.55. The van der Waals surface area contributed by atoms with E-state index in [1.807, 2.05) is 11.0 Å². The van der Waals surface area contributed by atoms with Crippen LogP contribution in [0.25, 0.3) is 0 Å². The first-order valence-corrected chi connectivity index (χ1v) is 12.1. The van der Waals surface area contributed by atoms with Crippen LogP contribution in [-0.4, -0.2) is 55.4 Å². The molecule has 0 aromatic heterocycles. The molecule has 0 radical (unpaired) electrons. The Morgan fingerprint density at radius 2 is 1.85 bits per heavy atom. The van der Waals surface area contributed by atoms with Crippen LogP contribution < -0.4 is 4.90 Å². The van der Waals surface area contributed by atoms with E-state index in [0.29, 0.717) is 19.0 Å². The Kier molecular flexibility index (Phi) is 5.19. The molecule has 0 spiro atoms. The van der Waals surface area contributed by atoms with E-state index in [1.165, 1.54) is 12.0 Å². The quantitative estimate of drug-likeness (QED) is 0.793. The van der Waals surface area contributed by atoms with Gasteiger partial charge in [-0.2, -0.15) is 0 Å². The fourth-order valence-electron chi connectivity index (χ4n) is 5.16. The van der Waals surface area contributed by atoms with Gasteiger partial charge in [-0.3, -0.25) is 4.79 Å². The first kappa shape index (κ1) is 18.8. The third kappa shape index (κ3) is 3.86. The summed E-state index contributed by atoms with van der Waals surface area (Å²) >= 11 is 0. The second-order valence-electron chi connectivity index (χ2n) is 8.46. The van der Waals surface area contributed by atoms with Crippen molar-refractivity contribution in [2.24, 2.45) is 0 Å². The lowest BCUT2D eigenvalue weighted by molar-refractivity contribution is -0.135. The predicted octanol–water partition coefficient (Wildman–Crippen LogP) is 2.79. The van der Waals surface area contributed by atoms with Crippen LogP contribution in [0.15, 0.2) is 24.3 Å². The molecule has 148 valence electrons. The van der Waals surface area contributed by atoms with E-state index in [1.54, 1.807) is 0 Å². The smallest absolute Gasteiger partial charge is 0.242 e. The lowest BCUT2D eigenvalue weighted by Gasteiger charge is -2.39. The monoisotopic (exact) mass is 390 g/mol. The zero-order chi connectivity index (χ0) is 19.0. The van der Waals surface area contributed by atoms with Crippen LogP contribution in [-0.2, 0) is 21.1 Å². The molecule has 0 N–H and O–H groups in total. The largest absolute Gasteiger partial charge is 0.359 e. The average molecular weight is 391 g/mol. The van der Waals surface area contributed by atoms with Gasteiger partial charge >= 0.3 is 0 Å². The van der Waals surface area contributed by atoms with Crippen LogP contribution in [0.5, 0.6) is 0 Å². The van der Waals surface area contributed by atoms with E-state index in [4.69, 9.17) is 0 Å². The van der Waals surface area contributed by atoms with Crippen LogP contribution in [0.2, 0.25) is 0 Å². The van der Waals surface area contributed by atoms with Gasteiger partial charge in [-0.05, 0) is 44.2 Å². The van der Waals surface area contributed by atoms with Crippen molar-refractivity contribution in [3.63, 3.8) is 0 Å². The van der Waals surface area contributed by atoms with Gasteiger partial charge in [0.2, 0.25) is 5.91 Å². The molecule has 3 aliphatic rings.